The van der Waals surface area contributed by atoms with Crippen LogP contribution < -0.4 is 0 Å². The van der Waals surface area contributed by atoms with Crippen molar-refractivity contribution in [1.29, 1.82) is 0 Å². The SMILES string of the molecule is C=C/C(C)=C\C=CCC.CC.CC.COCC1CC(C)C(=O)O1. The molecule has 1 saturated heterocycles. The number of hydrogen-bond acceptors (Lipinski definition) is 3. The maximum Gasteiger partial charge on any atom is 0.309 e. The minimum Gasteiger partial charge on any atom is -0.460 e. The van der Waals surface area contributed by atoms with E-state index in [9.17, 15) is 4.79 Å². The van der Waals surface area contributed by atoms with E-state index in [1.807, 2.05) is 47.6 Å². The molecule has 1 aliphatic heterocycles. The molecule has 0 aliphatic carbocycles. The van der Waals surface area contributed by atoms with Crippen LogP contribution in [0.3, 0.4) is 0 Å². The Bertz CT molecular complexity index is 330. The van der Waals surface area contributed by atoms with Gasteiger partial charge in [-0.3, -0.25) is 4.79 Å². The second kappa shape index (κ2) is 20.6. The topological polar surface area (TPSA) is 35.5 Å². The smallest absolute Gasteiger partial charge is 0.309 e. The van der Waals surface area contributed by atoms with E-state index in [0.717, 1.165) is 12.8 Å². The van der Waals surface area contributed by atoms with E-state index < -0.39 is 0 Å². The summed E-state index contributed by atoms with van der Waals surface area (Å²) < 4.78 is 9.80. The van der Waals surface area contributed by atoms with Crippen molar-refractivity contribution in [3.05, 3.63) is 36.5 Å². The molecule has 2 atom stereocenters. The molecule has 0 amide bonds. The molecule has 1 fully saturated rings. The Balaban J connectivity index is -0.000000287. The van der Waals surface area contributed by atoms with E-state index in [-0.39, 0.29) is 18.0 Å². The van der Waals surface area contributed by atoms with Crippen molar-refractivity contribution in [3.63, 3.8) is 0 Å². The standard InChI is InChI=1S/C9H14.C7H12O3.2C2H6/c1-4-6-7-8-9(3)5-2;1-5-3-6(4-9-2)10-7(5)8;2*1-2/h5-8H,2,4H2,1,3H3;5-6H,3-4H2,1-2H3;2*1-2H3/b7-6?,9-8-;;;. The van der Waals surface area contributed by atoms with Gasteiger partial charge < -0.3 is 9.47 Å². The highest BCUT2D eigenvalue weighted by Crippen LogP contribution is 2.19. The summed E-state index contributed by atoms with van der Waals surface area (Å²) in [5, 5.41) is 0. The Labute approximate surface area is 144 Å². The number of esters is 1. The molecule has 0 aromatic heterocycles. The molecular weight excluding hydrogens is 288 g/mol. The molecule has 0 radical (unpaired) electrons. The lowest BCUT2D eigenvalue weighted by atomic mass is 10.1. The van der Waals surface area contributed by atoms with Crippen LogP contribution >= 0.6 is 0 Å². The molecule has 1 aliphatic rings. The molecular formula is C20H38O3. The van der Waals surface area contributed by atoms with E-state index in [4.69, 9.17) is 9.47 Å². The lowest BCUT2D eigenvalue weighted by Crippen LogP contribution is -2.13. The molecule has 3 heteroatoms. The summed E-state index contributed by atoms with van der Waals surface area (Å²) in [6.45, 7) is 18.2. The van der Waals surface area contributed by atoms with E-state index in [1.54, 1.807) is 7.11 Å². The van der Waals surface area contributed by atoms with E-state index >= 15 is 0 Å². The Hall–Kier alpha value is -1.35. The summed E-state index contributed by atoms with van der Waals surface area (Å²) in [7, 11) is 1.61. The number of ether oxygens (including phenoxy) is 2. The third kappa shape index (κ3) is 16.8. The van der Waals surface area contributed by atoms with Crippen molar-refractivity contribution < 1.29 is 14.3 Å². The molecule has 3 nitrogen and oxygen atoms in total. The van der Waals surface area contributed by atoms with Gasteiger partial charge in [0.1, 0.15) is 6.10 Å². The molecule has 0 aromatic carbocycles. The monoisotopic (exact) mass is 326 g/mol. The van der Waals surface area contributed by atoms with Crippen molar-refractivity contribution in [1.82, 2.24) is 0 Å². The van der Waals surface area contributed by atoms with Crippen LogP contribution in [0, 0.1) is 5.92 Å². The molecule has 0 spiro atoms. The zero-order chi connectivity index (χ0) is 18.7. The maximum atomic E-state index is 10.8. The molecule has 0 bridgehead atoms. The highest BCUT2D eigenvalue weighted by Gasteiger charge is 2.30. The van der Waals surface area contributed by atoms with Crippen LogP contribution in [-0.4, -0.2) is 25.8 Å². The molecule has 0 saturated carbocycles. The van der Waals surface area contributed by atoms with Gasteiger partial charge in [-0.15, -0.1) is 0 Å². The third-order valence-electron chi connectivity index (χ3n) is 2.71. The van der Waals surface area contributed by atoms with E-state index in [0.29, 0.717) is 6.61 Å². The molecule has 136 valence electrons. The predicted molar refractivity (Wildman–Crippen MR) is 102 cm³/mol. The summed E-state index contributed by atoms with van der Waals surface area (Å²) in [4.78, 5) is 10.8. The normalized spacial score (nSPS) is 19.5. The third-order valence-corrected chi connectivity index (χ3v) is 2.71. The summed E-state index contributed by atoms with van der Waals surface area (Å²) in [5.74, 6) is -0.0396. The van der Waals surface area contributed by atoms with Crippen LogP contribution in [0.5, 0.6) is 0 Å². The fourth-order valence-electron chi connectivity index (χ4n) is 1.53. The summed E-state index contributed by atoms with van der Waals surface area (Å²) >= 11 is 0. The molecule has 23 heavy (non-hydrogen) atoms. The Morgan fingerprint density at radius 2 is 1.91 bits per heavy atom. The van der Waals surface area contributed by atoms with Gasteiger partial charge in [0.25, 0.3) is 0 Å². The van der Waals surface area contributed by atoms with Crippen molar-refractivity contribution in [2.24, 2.45) is 5.92 Å². The zero-order valence-corrected chi connectivity index (χ0v) is 16.5. The summed E-state index contributed by atoms with van der Waals surface area (Å²) in [5.41, 5.74) is 1.21. The van der Waals surface area contributed by atoms with Gasteiger partial charge in [0.05, 0.1) is 12.5 Å². The van der Waals surface area contributed by atoms with Crippen LogP contribution in [0.25, 0.3) is 0 Å². The zero-order valence-electron chi connectivity index (χ0n) is 16.5. The molecule has 1 heterocycles. The van der Waals surface area contributed by atoms with Crippen molar-refractivity contribution in [2.75, 3.05) is 13.7 Å². The number of carbonyl (C=O) groups is 1. The van der Waals surface area contributed by atoms with Crippen molar-refractivity contribution >= 4 is 5.97 Å². The number of methoxy groups -OCH3 is 1. The quantitative estimate of drug-likeness (QED) is 0.478. The second-order valence-electron chi connectivity index (χ2n) is 4.60. The lowest BCUT2D eigenvalue weighted by molar-refractivity contribution is -0.145. The first-order chi connectivity index (χ1) is 11.0. The summed E-state index contributed by atoms with van der Waals surface area (Å²) in [6, 6.07) is 0. The van der Waals surface area contributed by atoms with E-state index in [2.05, 4.69) is 31.7 Å². The van der Waals surface area contributed by atoms with Gasteiger partial charge in [0.15, 0.2) is 0 Å². The van der Waals surface area contributed by atoms with Gasteiger partial charge in [-0.05, 0) is 19.8 Å². The van der Waals surface area contributed by atoms with Gasteiger partial charge in [-0.1, -0.05) is 78.0 Å². The highest BCUT2D eigenvalue weighted by molar-refractivity contribution is 5.74. The van der Waals surface area contributed by atoms with Crippen LogP contribution in [-0.2, 0) is 14.3 Å². The molecule has 2 unspecified atom stereocenters. The van der Waals surface area contributed by atoms with Gasteiger partial charge in [0.2, 0.25) is 0 Å². The Morgan fingerprint density at radius 1 is 1.35 bits per heavy atom. The fraction of sp³-hybridized carbons (Fsp3) is 0.650. The van der Waals surface area contributed by atoms with Crippen LogP contribution in [0.4, 0.5) is 0 Å². The van der Waals surface area contributed by atoms with Gasteiger partial charge in [-0.25, -0.2) is 0 Å². The largest absolute Gasteiger partial charge is 0.460 e. The summed E-state index contributed by atoms with van der Waals surface area (Å²) in [6.07, 6.45) is 9.96. The maximum absolute atomic E-state index is 10.8. The highest BCUT2D eigenvalue weighted by atomic mass is 16.6. The Morgan fingerprint density at radius 3 is 2.26 bits per heavy atom. The first-order valence-corrected chi connectivity index (χ1v) is 8.70. The minimum atomic E-state index is -0.0953. The van der Waals surface area contributed by atoms with E-state index in [1.165, 1.54) is 5.57 Å². The van der Waals surface area contributed by atoms with Crippen LogP contribution in [0.1, 0.15) is 61.3 Å². The van der Waals surface area contributed by atoms with Crippen molar-refractivity contribution in [2.45, 2.75) is 67.4 Å². The molecule has 0 N–H and O–H groups in total. The number of allylic oxidation sites excluding steroid dienone is 5. The van der Waals surface area contributed by atoms with Gasteiger partial charge >= 0.3 is 5.97 Å². The predicted octanol–water partition coefficient (Wildman–Crippen LogP) is 5.72. The molecule has 1 rings (SSSR count). The number of carbonyl (C=O) groups excluding carboxylic acids is 1. The number of cyclic esters (lactones) is 1. The van der Waals surface area contributed by atoms with Crippen molar-refractivity contribution in [3.8, 4) is 0 Å². The van der Waals surface area contributed by atoms with Gasteiger partial charge in [-0.2, -0.15) is 0 Å². The minimum absolute atomic E-state index is 0.00694. The fourth-order valence-corrected chi connectivity index (χ4v) is 1.53. The van der Waals surface area contributed by atoms with Crippen LogP contribution in [0.2, 0.25) is 0 Å². The average Bonchev–Trinajstić information content (AvgIpc) is 2.90. The van der Waals surface area contributed by atoms with Crippen LogP contribution in [0.15, 0.2) is 36.5 Å². The first kappa shape index (κ1) is 26.5. The Kier molecular flexibility index (Phi) is 23.8. The average molecular weight is 327 g/mol. The number of hydrogen-bond donors (Lipinski definition) is 0. The molecule has 0 aromatic rings. The first-order valence-electron chi connectivity index (χ1n) is 8.70. The van der Waals surface area contributed by atoms with Gasteiger partial charge in [0, 0.05) is 7.11 Å². The second-order valence-corrected chi connectivity index (χ2v) is 4.60. The lowest BCUT2D eigenvalue weighted by Gasteiger charge is -2.05. The number of rotatable bonds is 5.